The molecule has 1 unspecified atom stereocenters. The molecule has 6 rings (SSSR count). The Hall–Kier alpha value is -4.91. The predicted octanol–water partition coefficient (Wildman–Crippen LogP) is 7.80. The van der Waals surface area contributed by atoms with Crippen LogP contribution >= 0.6 is 0 Å². The van der Waals surface area contributed by atoms with Crippen LogP contribution in [0.2, 0.25) is 0 Å². The molecule has 1 aliphatic carbocycles. The van der Waals surface area contributed by atoms with Crippen LogP contribution in [-0.2, 0) is 22.7 Å². The van der Waals surface area contributed by atoms with Gasteiger partial charge >= 0.3 is 5.97 Å². The van der Waals surface area contributed by atoms with Crippen molar-refractivity contribution >= 4 is 28.6 Å². The Morgan fingerprint density at radius 3 is 2.30 bits per heavy atom. The molecule has 0 radical (unpaired) electrons. The van der Waals surface area contributed by atoms with E-state index in [9.17, 15) is 9.59 Å². The predicted molar refractivity (Wildman–Crippen MR) is 167 cm³/mol. The molecule has 7 heteroatoms. The summed E-state index contributed by atoms with van der Waals surface area (Å²) in [6.07, 6.45) is 8.86. The number of ether oxygens (including phenoxy) is 2. The third kappa shape index (κ3) is 7.12. The fraction of sp³-hybridized carbons (Fsp3) is 0.250. The Bertz CT molecular complexity index is 1660. The number of pyridine rings is 1. The van der Waals surface area contributed by atoms with Crippen LogP contribution < -0.4 is 10.1 Å². The molecule has 1 saturated carbocycles. The third-order valence-corrected chi connectivity index (χ3v) is 8.13. The van der Waals surface area contributed by atoms with Crippen LogP contribution in [0, 0.1) is 5.92 Å². The van der Waals surface area contributed by atoms with Crippen molar-refractivity contribution in [2.24, 2.45) is 5.92 Å². The lowest BCUT2D eigenvalue weighted by atomic mass is 9.87. The Morgan fingerprint density at radius 1 is 0.884 bits per heavy atom. The van der Waals surface area contributed by atoms with E-state index in [2.05, 4.69) is 15.3 Å². The number of carbonyl (C=O) groups is 2. The molecular formula is C36H35N3O4. The van der Waals surface area contributed by atoms with Crippen LogP contribution in [-0.4, -0.2) is 21.8 Å². The van der Waals surface area contributed by atoms with Crippen molar-refractivity contribution in [3.05, 3.63) is 126 Å². The Labute approximate surface area is 251 Å². The summed E-state index contributed by atoms with van der Waals surface area (Å²) in [6, 6.07) is 28.8. The first-order valence-electron chi connectivity index (χ1n) is 14.9. The molecule has 2 aromatic heterocycles. The number of rotatable bonds is 11. The molecular weight excluding hydrogens is 538 g/mol. The van der Waals surface area contributed by atoms with Gasteiger partial charge in [-0.15, -0.1) is 0 Å². The van der Waals surface area contributed by atoms with E-state index in [0.29, 0.717) is 23.9 Å². The first-order valence-corrected chi connectivity index (χ1v) is 14.9. The second-order valence-corrected chi connectivity index (χ2v) is 11.1. The molecule has 43 heavy (non-hydrogen) atoms. The molecule has 0 saturated heterocycles. The van der Waals surface area contributed by atoms with E-state index in [1.807, 2.05) is 85.1 Å². The van der Waals surface area contributed by atoms with Gasteiger partial charge in [-0.05, 0) is 53.3 Å². The first-order chi connectivity index (χ1) is 21.1. The van der Waals surface area contributed by atoms with Gasteiger partial charge in [0.1, 0.15) is 24.8 Å². The van der Waals surface area contributed by atoms with E-state index in [1.54, 1.807) is 12.1 Å². The molecule has 2 heterocycles. The summed E-state index contributed by atoms with van der Waals surface area (Å²) in [5.41, 5.74) is 4.25. The van der Waals surface area contributed by atoms with Crippen LogP contribution in [0.3, 0.4) is 0 Å². The van der Waals surface area contributed by atoms with Crippen molar-refractivity contribution < 1.29 is 19.1 Å². The number of aromatic nitrogens is 2. The molecule has 0 spiro atoms. The minimum Gasteiger partial charge on any atom is -0.489 e. The van der Waals surface area contributed by atoms with Crippen LogP contribution in [0.15, 0.2) is 103 Å². The number of hydrogen-bond donors (Lipinski definition) is 2. The second-order valence-electron chi connectivity index (χ2n) is 11.1. The zero-order valence-corrected chi connectivity index (χ0v) is 24.0. The van der Waals surface area contributed by atoms with Gasteiger partial charge in [0.15, 0.2) is 0 Å². The highest BCUT2D eigenvalue weighted by molar-refractivity contribution is 5.99. The zero-order chi connectivity index (χ0) is 29.4. The van der Waals surface area contributed by atoms with Gasteiger partial charge in [-0.1, -0.05) is 86.3 Å². The van der Waals surface area contributed by atoms with Gasteiger partial charge in [0.25, 0.3) is 0 Å². The van der Waals surface area contributed by atoms with Crippen molar-refractivity contribution in [3.63, 3.8) is 0 Å². The van der Waals surface area contributed by atoms with E-state index in [-0.39, 0.29) is 18.4 Å². The highest BCUT2D eigenvalue weighted by Crippen LogP contribution is 2.38. The molecule has 7 nitrogen and oxygen atoms in total. The maximum Gasteiger partial charge on any atom is 0.340 e. The van der Waals surface area contributed by atoms with E-state index < -0.39 is 5.97 Å². The summed E-state index contributed by atoms with van der Waals surface area (Å²) in [4.78, 5) is 34.0. The summed E-state index contributed by atoms with van der Waals surface area (Å²) >= 11 is 0. The quantitative estimate of drug-likeness (QED) is 0.157. The van der Waals surface area contributed by atoms with Gasteiger partial charge in [0.2, 0.25) is 5.91 Å². The monoisotopic (exact) mass is 573 g/mol. The van der Waals surface area contributed by atoms with Gasteiger partial charge in [0.05, 0.1) is 11.5 Å². The number of carbonyl (C=O) groups excluding carboxylic acids is 2. The van der Waals surface area contributed by atoms with Gasteiger partial charge in [-0.2, -0.15) is 0 Å². The van der Waals surface area contributed by atoms with Crippen LogP contribution in [0.1, 0.15) is 65.1 Å². The highest BCUT2D eigenvalue weighted by Gasteiger charge is 2.29. The molecule has 1 atom stereocenters. The zero-order valence-electron chi connectivity index (χ0n) is 24.0. The number of esters is 1. The number of aromatic amines is 1. The van der Waals surface area contributed by atoms with Crippen molar-refractivity contribution in [2.75, 3.05) is 5.32 Å². The SMILES string of the molecule is O=C(OCc1ccccc1)c1ccc(NC(=O)C(CC2CCCC2)c2c[nH]c3cc(OCc4ccccc4)ccc23)nc1. The molecule has 2 N–H and O–H groups in total. The third-order valence-electron chi connectivity index (χ3n) is 8.13. The van der Waals surface area contributed by atoms with E-state index >= 15 is 0 Å². The van der Waals surface area contributed by atoms with Crippen LogP contribution in [0.4, 0.5) is 5.82 Å². The van der Waals surface area contributed by atoms with Crippen molar-refractivity contribution in [1.82, 2.24) is 9.97 Å². The maximum absolute atomic E-state index is 13.8. The number of hydrogen-bond acceptors (Lipinski definition) is 5. The fourth-order valence-electron chi connectivity index (χ4n) is 5.81. The maximum atomic E-state index is 13.8. The van der Waals surface area contributed by atoms with Gasteiger partial charge < -0.3 is 19.8 Å². The average Bonchev–Trinajstić information content (AvgIpc) is 3.73. The summed E-state index contributed by atoms with van der Waals surface area (Å²) in [7, 11) is 0. The minimum absolute atomic E-state index is 0.107. The fourth-order valence-corrected chi connectivity index (χ4v) is 5.81. The number of nitrogens with zero attached hydrogens (tertiary/aromatic N) is 1. The molecule has 3 aromatic carbocycles. The minimum atomic E-state index is -0.459. The Kier molecular flexibility index (Phi) is 8.78. The number of amides is 1. The van der Waals surface area contributed by atoms with Crippen molar-refractivity contribution in [2.45, 2.75) is 51.2 Å². The summed E-state index contributed by atoms with van der Waals surface area (Å²) < 4.78 is 11.4. The molecule has 1 fully saturated rings. The van der Waals surface area contributed by atoms with Crippen LogP contribution in [0.25, 0.3) is 10.9 Å². The van der Waals surface area contributed by atoms with E-state index in [0.717, 1.165) is 52.6 Å². The molecule has 0 aliphatic heterocycles. The summed E-state index contributed by atoms with van der Waals surface area (Å²) in [6.45, 7) is 0.676. The highest BCUT2D eigenvalue weighted by atomic mass is 16.5. The lowest BCUT2D eigenvalue weighted by molar-refractivity contribution is -0.118. The number of fused-ring (bicyclic) bond motifs is 1. The van der Waals surface area contributed by atoms with E-state index in [4.69, 9.17) is 9.47 Å². The number of benzene rings is 3. The van der Waals surface area contributed by atoms with E-state index in [1.165, 1.54) is 19.0 Å². The average molecular weight is 574 g/mol. The molecule has 0 bridgehead atoms. The summed E-state index contributed by atoms with van der Waals surface area (Å²) in [5.74, 6) is 0.767. The Morgan fingerprint density at radius 2 is 1.60 bits per heavy atom. The lowest BCUT2D eigenvalue weighted by Gasteiger charge is -2.20. The van der Waals surface area contributed by atoms with Crippen LogP contribution in [0.5, 0.6) is 5.75 Å². The standard InChI is InChI=1S/C36H35N3O4/c40-35(39-34-18-15-28(21-38-34)36(41)43-24-27-13-5-2-6-14-27)31(19-25-9-7-8-10-25)32-22-37-33-20-29(16-17-30(32)33)42-23-26-11-3-1-4-12-26/h1-6,11-18,20-22,25,31,37H,7-10,19,23-24H2,(H,38,39,40). The number of nitrogens with one attached hydrogen (secondary N) is 2. The van der Waals surface area contributed by atoms with Crippen molar-refractivity contribution in [1.29, 1.82) is 0 Å². The lowest BCUT2D eigenvalue weighted by Crippen LogP contribution is -2.23. The summed E-state index contributed by atoms with van der Waals surface area (Å²) in [5, 5.41) is 4.01. The molecule has 1 amide bonds. The smallest absolute Gasteiger partial charge is 0.340 e. The topological polar surface area (TPSA) is 93.3 Å². The van der Waals surface area contributed by atoms with Gasteiger partial charge in [-0.25, -0.2) is 9.78 Å². The first kappa shape index (κ1) is 28.2. The van der Waals surface area contributed by atoms with Gasteiger partial charge in [-0.3, -0.25) is 4.79 Å². The molecule has 218 valence electrons. The Balaban J connectivity index is 1.15. The van der Waals surface area contributed by atoms with Crippen molar-refractivity contribution in [3.8, 4) is 5.75 Å². The molecule has 1 aliphatic rings. The largest absolute Gasteiger partial charge is 0.489 e. The second kappa shape index (κ2) is 13.4. The van der Waals surface area contributed by atoms with Gasteiger partial charge in [0, 0.05) is 29.4 Å². The molecule has 5 aromatic rings. The normalized spacial score (nSPS) is 14.0. The number of H-pyrrole nitrogens is 1. The number of anilines is 1.